The fourth-order valence-corrected chi connectivity index (χ4v) is 5.41. The Hall–Kier alpha value is -4.24. The lowest BCUT2D eigenvalue weighted by molar-refractivity contribution is 0.441. The van der Waals surface area contributed by atoms with Gasteiger partial charge in [-0.25, -0.2) is 21.2 Å². The third kappa shape index (κ3) is 3.87. The van der Waals surface area contributed by atoms with Gasteiger partial charge in [-0.15, -0.1) is 0 Å². The van der Waals surface area contributed by atoms with E-state index in [0.29, 0.717) is 11.1 Å². The van der Waals surface area contributed by atoms with Gasteiger partial charge in [0.05, 0.1) is 22.3 Å². The first-order valence-electron chi connectivity index (χ1n) is 11.0. The molecule has 3 aromatic carbocycles. The van der Waals surface area contributed by atoms with Gasteiger partial charge in [-0.2, -0.15) is 5.10 Å². The summed E-state index contributed by atoms with van der Waals surface area (Å²) in [5.74, 6) is -1.25. The van der Waals surface area contributed by atoms with Crippen LogP contribution in [0.5, 0.6) is 11.5 Å². The molecule has 0 fully saturated rings. The SMILES string of the molecule is C=Cc1c(Oc2ccc(F)c(-c3[nH]ncc3C)c2)c(F)cc2c1ccn2S(=O)(=O)c1ccc(C)cc1. The number of aryl methyl sites for hydroxylation is 2. The molecule has 0 atom stereocenters. The number of halogens is 2. The van der Waals surface area contributed by atoms with Gasteiger partial charge >= 0.3 is 0 Å². The number of hydrogen-bond acceptors (Lipinski definition) is 4. The second-order valence-corrected chi connectivity index (χ2v) is 10.2. The minimum atomic E-state index is -3.97. The van der Waals surface area contributed by atoms with Crippen LogP contribution in [0, 0.1) is 25.5 Å². The van der Waals surface area contributed by atoms with Crippen molar-refractivity contribution in [2.45, 2.75) is 18.7 Å². The van der Waals surface area contributed by atoms with Gasteiger partial charge in [0.25, 0.3) is 10.0 Å². The number of benzene rings is 3. The highest BCUT2D eigenvalue weighted by molar-refractivity contribution is 7.90. The molecule has 1 N–H and O–H groups in total. The zero-order valence-electron chi connectivity index (χ0n) is 19.4. The largest absolute Gasteiger partial charge is 0.454 e. The molecule has 0 aliphatic rings. The number of hydrogen-bond donors (Lipinski definition) is 1. The van der Waals surface area contributed by atoms with Crippen molar-refractivity contribution in [3.63, 3.8) is 0 Å². The van der Waals surface area contributed by atoms with Crippen LogP contribution >= 0.6 is 0 Å². The first-order chi connectivity index (χ1) is 17.2. The first kappa shape index (κ1) is 23.5. The lowest BCUT2D eigenvalue weighted by Crippen LogP contribution is -2.12. The monoisotopic (exact) mass is 505 g/mol. The average Bonchev–Trinajstić information content (AvgIpc) is 3.47. The number of nitrogens with zero attached hydrogens (tertiary/aromatic N) is 2. The Balaban J connectivity index is 1.60. The minimum Gasteiger partial charge on any atom is -0.454 e. The summed E-state index contributed by atoms with van der Waals surface area (Å²) in [6.45, 7) is 7.41. The van der Waals surface area contributed by atoms with E-state index in [1.165, 1.54) is 42.6 Å². The molecule has 2 aromatic heterocycles. The van der Waals surface area contributed by atoms with Crippen LogP contribution in [0.15, 0.2) is 78.5 Å². The highest BCUT2D eigenvalue weighted by atomic mass is 32.2. The van der Waals surface area contributed by atoms with Crippen LogP contribution in [0.4, 0.5) is 8.78 Å². The molecular weight excluding hydrogens is 484 g/mol. The Bertz CT molecular complexity index is 1740. The molecule has 0 unspecified atom stereocenters. The molecule has 182 valence electrons. The van der Waals surface area contributed by atoms with Crippen LogP contribution in [0.1, 0.15) is 16.7 Å². The van der Waals surface area contributed by atoms with Crippen molar-refractivity contribution >= 4 is 27.0 Å². The fourth-order valence-electron chi connectivity index (χ4n) is 4.07. The topological polar surface area (TPSA) is 77.0 Å². The van der Waals surface area contributed by atoms with E-state index in [2.05, 4.69) is 16.8 Å². The average molecular weight is 506 g/mol. The van der Waals surface area contributed by atoms with E-state index in [-0.39, 0.29) is 33.0 Å². The molecule has 0 aliphatic carbocycles. The van der Waals surface area contributed by atoms with Crippen molar-refractivity contribution in [1.82, 2.24) is 14.2 Å². The summed E-state index contributed by atoms with van der Waals surface area (Å²) in [4.78, 5) is 0.0828. The second-order valence-electron chi connectivity index (χ2n) is 8.34. The van der Waals surface area contributed by atoms with Crippen molar-refractivity contribution in [2.75, 3.05) is 0 Å². The Morgan fingerprint density at radius 1 is 1.03 bits per heavy atom. The van der Waals surface area contributed by atoms with Gasteiger partial charge in [0, 0.05) is 28.8 Å². The van der Waals surface area contributed by atoms with Gasteiger partial charge in [-0.1, -0.05) is 30.4 Å². The molecule has 5 aromatic rings. The highest BCUT2D eigenvalue weighted by Gasteiger charge is 2.23. The van der Waals surface area contributed by atoms with Gasteiger partial charge in [0.1, 0.15) is 11.6 Å². The summed E-state index contributed by atoms with van der Waals surface area (Å²) in [6.07, 6.45) is 4.33. The molecule has 5 rings (SSSR count). The number of ether oxygens (including phenoxy) is 1. The van der Waals surface area contributed by atoms with Crippen LogP contribution in [-0.4, -0.2) is 22.6 Å². The predicted molar refractivity (Wildman–Crippen MR) is 135 cm³/mol. The molecule has 0 saturated heterocycles. The van der Waals surface area contributed by atoms with Crippen molar-refractivity contribution in [3.8, 4) is 22.8 Å². The molecule has 0 spiro atoms. The van der Waals surface area contributed by atoms with Crippen LogP contribution < -0.4 is 4.74 Å². The van der Waals surface area contributed by atoms with Crippen LogP contribution in [-0.2, 0) is 10.0 Å². The smallest absolute Gasteiger partial charge is 0.268 e. The van der Waals surface area contributed by atoms with E-state index in [1.54, 1.807) is 31.3 Å². The molecule has 0 bridgehead atoms. The Kier molecular flexibility index (Phi) is 5.72. The van der Waals surface area contributed by atoms with Gasteiger partial charge in [-0.3, -0.25) is 5.10 Å². The number of aromatic nitrogens is 3. The number of rotatable bonds is 6. The Morgan fingerprint density at radius 2 is 1.78 bits per heavy atom. The van der Waals surface area contributed by atoms with Crippen LogP contribution in [0.3, 0.4) is 0 Å². The van der Waals surface area contributed by atoms with E-state index in [4.69, 9.17) is 4.74 Å². The third-order valence-corrected chi connectivity index (χ3v) is 7.65. The van der Waals surface area contributed by atoms with E-state index in [9.17, 15) is 12.8 Å². The minimum absolute atomic E-state index is 0.0828. The summed E-state index contributed by atoms with van der Waals surface area (Å²) in [5.41, 5.74) is 2.77. The normalized spacial score (nSPS) is 11.7. The maximum atomic E-state index is 15.4. The zero-order chi connectivity index (χ0) is 25.6. The fraction of sp³-hybridized carbons (Fsp3) is 0.0741. The molecule has 36 heavy (non-hydrogen) atoms. The first-order valence-corrected chi connectivity index (χ1v) is 12.4. The summed E-state index contributed by atoms with van der Waals surface area (Å²) in [7, 11) is -3.97. The quantitative estimate of drug-likeness (QED) is 0.282. The number of aromatic amines is 1. The maximum Gasteiger partial charge on any atom is 0.268 e. The Labute approximate surface area is 206 Å². The molecule has 9 heteroatoms. The lowest BCUT2D eigenvalue weighted by Gasteiger charge is -2.14. The van der Waals surface area contributed by atoms with Gasteiger partial charge in [-0.05, 0) is 55.8 Å². The van der Waals surface area contributed by atoms with E-state index in [0.717, 1.165) is 21.2 Å². The molecular formula is C27H21F2N3O3S. The molecule has 0 amide bonds. The summed E-state index contributed by atoms with van der Waals surface area (Å²) >= 11 is 0. The maximum absolute atomic E-state index is 15.4. The zero-order valence-corrected chi connectivity index (χ0v) is 20.2. The molecule has 0 saturated carbocycles. The lowest BCUT2D eigenvalue weighted by atomic mass is 10.1. The third-order valence-electron chi connectivity index (χ3n) is 5.94. The number of fused-ring (bicyclic) bond motifs is 1. The van der Waals surface area contributed by atoms with E-state index in [1.807, 2.05) is 6.92 Å². The van der Waals surface area contributed by atoms with Crippen LogP contribution in [0.2, 0.25) is 0 Å². The van der Waals surface area contributed by atoms with Crippen molar-refractivity contribution < 1.29 is 21.9 Å². The van der Waals surface area contributed by atoms with E-state index < -0.39 is 21.7 Å². The second kappa shape index (κ2) is 8.76. The molecule has 0 aliphatic heterocycles. The standard InChI is InChI=1S/C27H21F2N3O3S/c1-4-20-21-11-12-32(36(33,34)19-8-5-16(2)6-9-19)25(21)14-24(29)27(20)35-18-7-10-23(28)22(13-18)26-17(3)15-30-31-26/h4-15H,1H2,2-3H3,(H,30,31). The Morgan fingerprint density at radius 3 is 2.44 bits per heavy atom. The number of nitrogens with one attached hydrogen (secondary N) is 1. The highest BCUT2D eigenvalue weighted by Crippen LogP contribution is 2.38. The van der Waals surface area contributed by atoms with Gasteiger partial charge in [0.2, 0.25) is 0 Å². The van der Waals surface area contributed by atoms with Crippen molar-refractivity contribution in [3.05, 3.63) is 102 Å². The number of H-pyrrole nitrogens is 1. The summed E-state index contributed by atoms with van der Waals surface area (Å²) in [5, 5.41) is 7.10. The predicted octanol–water partition coefficient (Wildman–Crippen LogP) is 6.60. The van der Waals surface area contributed by atoms with Gasteiger partial charge in [0.15, 0.2) is 11.6 Å². The molecule has 0 radical (unpaired) electrons. The molecule has 6 nitrogen and oxygen atoms in total. The molecule has 2 heterocycles. The summed E-state index contributed by atoms with van der Waals surface area (Å²) in [6, 6.07) is 13.1. The van der Waals surface area contributed by atoms with Crippen molar-refractivity contribution in [1.29, 1.82) is 0 Å². The van der Waals surface area contributed by atoms with E-state index >= 15 is 4.39 Å². The summed E-state index contributed by atoms with van der Waals surface area (Å²) < 4.78 is 63.3. The van der Waals surface area contributed by atoms with Crippen molar-refractivity contribution in [2.24, 2.45) is 0 Å². The van der Waals surface area contributed by atoms with Gasteiger partial charge < -0.3 is 4.74 Å². The van der Waals surface area contributed by atoms with Crippen LogP contribution in [0.25, 0.3) is 28.2 Å².